The highest BCUT2D eigenvalue weighted by Crippen LogP contribution is 2.29. The van der Waals surface area contributed by atoms with Crippen molar-refractivity contribution in [3.8, 4) is 11.5 Å². The number of halogens is 2. The van der Waals surface area contributed by atoms with Crippen LogP contribution in [0.15, 0.2) is 46.9 Å². The number of carbonyl (C=O) groups is 1. The van der Waals surface area contributed by atoms with Crippen LogP contribution < -0.4 is 14.8 Å². The fourth-order valence-electron chi connectivity index (χ4n) is 2.10. The van der Waals surface area contributed by atoms with E-state index < -0.39 is 6.10 Å². The Kier molecular flexibility index (Phi) is 8.22. The average Bonchev–Trinajstić information content (AvgIpc) is 2.62. The maximum atomic E-state index is 12.5. The van der Waals surface area contributed by atoms with E-state index in [9.17, 15) is 4.79 Å². The Morgan fingerprint density at radius 3 is 2.69 bits per heavy atom. The van der Waals surface area contributed by atoms with E-state index in [1.165, 1.54) is 0 Å². The molecule has 0 fully saturated rings. The number of carbonyl (C=O) groups excluding carboxylic acids is 1. The lowest BCUT2D eigenvalue weighted by molar-refractivity contribution is -0.122. The van der Waals surface area contributed by atoms with Gasteiger partial charge in [-0.1, -0.05) is 23.7 Å². The van der Waals surface area contributed by atoms with E-state index in [1.54, 1.807) is 37.3 Å². The van der Waals surface area contributed by atoms with E-state index in [2.05, 4.69) is 21.2 Å². The van der Waals surface area contributed by atoms with E-state index in [0.717, 1.165) is 0 Å². The summed E-state index contributed by atoms with van der Waals surface area (Å²) in [5, 5.41) is 3.41. The Bertz CT molecular complexity index is 741. The number of hydrogen-bond donors (Lipinski definition) is 1. The molecule has 1 N–H and O–H groups in total. The molecular formula is C19H21BrClNO4. The van der Waals surface area contributed by atoms with Gasteiger partial charge in [-0.2, -0.15) is 0 Å². The molecule has 7 heteroatoms. The van der Waals surface area contributed by atoms with Crippen LogP contribution in [0.3, 0.4) is 0 Å². The molecule has 0 aliphatic heterocycles. The van der Waals surface area contributed by atoms with Gasteiger partial charge in [-0.05, 0) is 60.1 Å². The van der Waals surface area contributed by atoms with Gasteiger partial charge < -0.3 is 19.5 Å². The fourth-order valence-corrected chi connectivity index (χ4v) is 2.88. The Balaban J connectivity index is 1.98. The second kappa shape index (κ2) is 10.4. The first-order valence-corrected chi connectivity index (χ1v) is 9.40. The number of benzene rings is 2. The molecule has 0 saturated heterocycles. The molecule has 2 rings (SSSR count). The van der Waals surface area contributed by atoms with Gasteiger partial charge >= 0.3 is 0 Å². The summed E-state index contributed by atoms with van der Waals surface area (Å²) in [6, 6.07) is 12.4. The predicted molar refractivity (Wildman–Crippen MR) is 106 cm³/mol. The van der Waals surface area contributed by atoms with Crippen molar-refractivity contribution in [1.29, 1.82) is 0 Å². The number of anilines is 1. The first-order valence-electron chi connectivity index (χ1n) is 8.23. The molecule has 2 aromatic rings. The largest absolute Gasteiger partial charge is 0.489 e. The molecular weight excluding hydrogens is 422 g/mol. The summed E-state index contributed by atoms with van der Waals surface area (Å²) in [6.45, 7) is 5.13. The van der Waals surface area contributed by atoms with Crippen LogP contribution >= 0.6 is 27.5 Å². The molecule has 0 aliphatic rings. The smallest absolute Gasteiger partial charge is 0.265 e. The van der Waals surface area contributed by atoms with Crippen molar-refractivity contribution in [2.75, 3.05) is 25.1 Å². The van der Waals surface area contributed by atoms with Crippen molar-refractivity contribution in [1.82, 2.24) is 0 Å². The second-order valence-electron chi connectivity index (χ2n) is 5.37. The zero-order chi connectivity index (χ0) is 18.9. The summed E-state index contributed by atoms with van der Waals surface area (Å²) in [4.78, 5) is 12.5. The predicted octanol–water partition coefficient (Wildman–Crippen LogP) is 4.92. The molecule has 1 atom stereocenters. The molecule has 0 aliphatic carbocycles. The van der Waals surface area contributed by atoms with Crippen molar-refractivity contribution >= 4 is 39.1 Å². The first-order chi connectivity index (χ1) is 12.5. The topological polar surface area (TPSA) is 56.8 Å². The Morgan fingerprint density at radius 1 is 1.19 bits per heavy atom. The third kappa shape index (κ3) is 6.20. The molecule has 0 spiro atoms. The monoisotopic (exact) mass is 441 g/mol. The maximum Gasteiger partial charge on any atom is 0.265 e. The van der Waals surface area contributed by atoms with Gasteiger partial charge in [0.2, 0.25) is 0 Å². The van der Waals surface area contributed by atoms with Crippen LogP contribution in [0.25, 0.3) is 0 Å². The van der Waals surface area contributed by atoms with Crippen LogP contribution in [0.1, 0.15) is 13.8 Å². The van der Waals surface area contributed by atoms with Crippen LogP contribution in [-0.2, 0) is 9.53 Å². The Labute approximate surface area is 166 Å². The van der Waals surface area contributed by atoms with Crippen LogP contribution in [0.2, 0.25) is 5.02 Å². The summed E-state index contributed by atoms with van der Waals surface area (Å²) in [5.41, 5.74) is 0.583. The minimum atomic E-state index is -0.705. The minimum Gasteiger partial charge on any atom is -0.489 e. The molecule has 26 heavy (non-hydrogen) atoms. The summed E-state index contributed by atoms with van der Waals surface area (Å²) in [6.07, 6.45) is -0.705. The van der Waals surface area contributed by atoms with Gasteiger partial charge in [0.15, 0.2) is 6.10 Å². The van der Waals surface area contributed by atoms with Crippen molar-refractivity contribution < 1.29 is 19.0 Å². The quantitative estimate of drug-likeness (QED) is 0.560. The number of para-hydroxylation sites is 2. The Morgan fingerprint density at radius 2 is 1.96 bits per heavy atom. The van der Waals surface area contributed by atoms with Gasteiger partial charge in [0.1, 0.15) is 18.1 Å². The van der Waals surface area contributed by atoms with Crippen LogP contribution in [0.4, 0.5) is 5.69 Å². The molecule has 0 heterocycles. The highest BCUT2D eigenvalue weighted by molar-refractivity contribution is 9.10. The number of nitrogens with one attached hydrogen (secondary N) is 1. The lowest BCUT2D eigenvalue weighted by Crippen LogP contribution is -2.30. The zero-order valence-electron chi connectivity index (χ0n) is 14.6. The van der Waals surface area contributed by atoms with Crippen LogP contribution in [-0.4, -0.2) is 31.8 Å². The van der Waals surface area contributed by atoms with E-state index in [0.29, 0.717) is 46.5 Å². The van der Waals surface area contributed by atoms with Gasteiger partial charge in [0, 0.05) is 11.6 Å². The standard InChI is InChI=1S/C19H21BrClNO4/c1-3-24-10-11-25-18-7-5-4-6-16(18)22-19(23)13(2)26-17-9-8-14(21)12-15(17)20/h4-9,12-13H,3,10-11H2,1-2H3,(H,22,23). The molecule has 0 radical (unpaired) electrons. The molecule has 5 nitrogen and oxygen atoms in total. The van der Waals surface area contributed by atoms with E-state index >= 15 is 0 Å². The molecule has 2 aromatic carbocycles. The van der Waals surface area contributed by atoms with Crippen molar-refractivity contribution in [2.45, 2.75) is 20.0 Å². The van der Waals surface area contributed by atoms with Crippen molar-refractivity contribution in [3.63, 3.8) is 0 Å². The van der Waals surface area contributed by atoms with E-state index in [1.807, 2.05) is 19.1 Å². The maximum absolute atomic E-state index is 12.5. The number of rotatable bonds is 9. The average molecular weight is 443 g/mol. The van der Waals surface area contributed by atoms with Crippen molar-refractivity contribution in [3.05, 3.63) is 52.0 Å². The van der Waals surface area contributed by atoms with Crippen molar-refractivity contribution in [2.24, 2.45) is 0 Å². The molecule has 0 bridgehead atoms. The van der Waals surface area contributed by atoms with Gasteiger partial charge in [-0.15, -0.1) is 0 Å². The van der Waals surface area contributed by atoms with Gasteiger partial charge in [-0.25, -0.2) is 0 Å². The summed E-state index contributed by atoms with van der Waals surface area (Å²) in [7, 11) is 0. The highest BCUT2D eigenvalue weighted by atomic mass is 79.9. The molecule has 140 valence electrons. The highest BCUT2D eigenvalue weighted by Gasteiger charge is 2.18. The minimum absolute atomic E-state index is 0.285. The molecule has 1 unspecified atom stereocenters. The Hall–Kier alpha value is -1.76. The second-order valence-corrected chi connectivity index (χ2v) is 6.66. The lowest BCUT2D eigenvalue weighted by atomic mass is 10.2. The lowest BCUT2D eigenvalue weighted by Gasteiger charge is -2.17. The fraction of sp³-hybridized carbons (Fsp3) is 0.316. The summed E-state index contributed by atoms with van der Waals surface area (Å²) < 4.78 is 17.3. The normalized spacial score (nSPS) is 11.7. The molecule has 0 aromatic heterocycles. The van der Waals surface area contributed by atoms with Gasteiger partial charge in [0.05, 0.1) is 16.8 Å². The third-order valence-electron chi connectivity index (χ3n) is 3.40. The third-order valence-corrected chi connectivity index (χ3v) is 4.26. The SMILES string of the molecule is CCOCCOc1ccccc1NC(=O)C(C)Oc1ccc(Cl)cc1Br. The number of ether oxygens (including phenoxy) is 3. The summed E-state index contributed by atoms with van der Waals surface area (Å²) in [5.74, 6) is 0.839. The van der Waals surface area contributed by atoms with E-state index in [-0.39, 0.29) is 5.91 Å². The first kappa shape index (κ1) is 20.6. The molecule has 1 amide bonds. The van der Waals surface area contributed by atoms with Gasteiger partial charge in [0.25, 0.3) is 5.91 Å². The molecule has 0 saturated carbocycles. The number of amides is 1. The number of hydrogen-bond acceptors (Lipinski definition) is 4. The van der Waals surface area contributed by atoms with Crippen LogP contribution in [0, 0.1) is 0 Å². The van der Waals surface area contributed by atoms with E-state index in [4.69, 9.17) is 25.8 Å². The zero-order valence-corrected chi connectivity index (χ0v) is 17.0. The summed E-state index contributed by atoms with van der Waals surface area (Å²) >= 11 is 9.29. The van der Waals surface area contributed by atoms with Crippen LogP contribution in [0.5, 0.6) is 11.5 Å². The van der Waals surface area contributed by atoms with Gasteiger partial charge in [-0.3, -0.25) is 4.79 Å².